The Kier molecular flexibility index (Phi) is 5.49. The van der Waals surface area contributed by atoms with Gasteiger partial charge in [-0.3, -0.25) is 4.79 Å². The standard InChI is InChI=1S/C19H29NO2/c1-5-16-8-6-7-13-20(16)18(21)14-22-17-11-9-15(10-12-17)19(2,3)4/h9-12,16H,5-8,13-14H2,1-4H3. The predicted molar refractivity (Wildman–Crippen MR) is 90.3 cm³/mol. The van der Waals surface area contributed by atoms with Crippen molar-refractivity contribution in [3.05, 3.63) is 29.8 Å². The van der Waals surface area contributed by atoms with E-state index < -0.39 is 0 Å². The van der Waals surface area contributed by atoms with Gasteiger partial charge in [-0.05, 0) is 48.8 Å². The highest BCUT2D eigenvalue weighted by Gasteiger charge is 2.25. The molecule has 1 aliphatic rings. The first-order valence-electron chi connectivity index (χ1n) is 8.44. The van der Waals surface area contributed by atoms with Crippen LogP contribution >= 0.6 is 0 Å². The first-order chi connectivity index (χ1) is 10.4. The summed E-state index contributed by atoms with van der Waals surface area (Å²) in [5, 5.41) is 0. The van der Waals surface area contributed by atoms with Crippen LogP contribution in [0.1, 0.15) is 58.9 Å². The van der Waals surface area contributed by atoms with Crippen LogP contribution in [0.15, 0.2) is 24.3 Å². The fourth-order valence-electron chi connectivity index (χ4n) is 3.03. The van der Waals surface area contributed by atoms with Gasteiger partial charge in [0.15, 0.2) is 6.61 Å². The minimum atomic E-state index is 0.117. The number of hydrogen-bond donors (Lipinski definition) is 0. The molecule has 0 radical (unpaired) electrons. The van der Waals surface area contributed by atoms with Crippen molar-refractivity contribution < 1.29 is 9.53 Å². The van der Waals surface area contributed by atoms with Crippen molar-refractivity contribution in [2.75, 3.05) is 13.2 Å². The van der Waals surface area contributed by atoms with E-state index >= 15 is 0 Å². The van der Waals surface area contributed by atoms with E-state index in [0.717, 1.165) is 31.6 Å². The van der Waals surface area contributed by atoms with Crippen molar-refractivity contribution in [1.82, 2.24) is 4.90 Å². The molecule has 1 saturated heterocycles. The highest BCUT2D eigenvalue weighted by molar-refractivity contribution is 5.78. The van der Waals surface area contributed by atoms with Crippen LogP contribution in [0.2, 0.25) is 0 Å². The highest BCUT2D eigenvalue weighted by Crippen LogP contribution is 2.24. The van der Waals surface area contributed by atoms with E-state index in [2.05, 4.69) is 39.8 Å². The molecule has 0 spiro atoms. The Morgan fingerprint density at radius 1 is 1.23 bits per heavy atom. The molecule has 0 saturated carbocycles. The van der Waals surface area contributed by atoms with Crippen LogP contribution in [-0.2, 0) is 10.2 Å². The van der Waals surface area contributed by atoms with E-state index in [1.165, 1.54) is 12.0 Å². The van der Waals surface area contributed by atoms with Gasteiger partial charge in [0.1, 0.15) is 5.75 Å². The van der Waals surface area contributed by atoms with E-state index in [1.54, 1.807) is 0 Å². The molecule has 3 nitrogen and oxygen atoms in total. The van der Waals surface area contributed by atoms with E-state index in [4.69, 9.17) is 4.74 Å². The molecule has 1 fully saturated rings. The molecule has 2 rings (SSSR count). The fourth-order valence-corrected chi connectivity index (χ4v) is 3.03. The molecule has 122 valence electrons. The van der Waals surface area contributed by atoms with Crippen LogP contribution in [0, 0.1) is 0 Å². The Balaban J connectivity index is 1.90. The molecule has 0 aromatic heterocycles. The molecule has 1 aromatic rings. The zero-order valence-electron chi connectivity index (χ0n) is 14.4. The maximum Gasteiger partial charge on any atom is 0.260 e. The SMILES string of the molecule is CCC1CCCCN1C(=O)COc1ccc(C(C)(C)C)cc1. The number of nitrogens with zero attached hydrogens (tertiary/aromatic N) is 1. The predicted octanol–water partition coefficient (Wildman–Crippen LogP) is 4.15. The first-order valence-corrected chi connectivity index (χ1v) is 8.44. The number of carbonyl (C=O) groups is 1. The molecule has 1 atom stereocenters. The molecular formula is C19H29NO2. The van der Waals surface area contributed by atoms with Crippen molar-refractivity contribution >= 4 is 5.91 Å². The quantitative estimate of drug-likeness (QED) is 0.836. The maximum absolute atomic E-state index is 12.4. The lowest BCUT2D eigenvalue weighted by atomic mass is 9.87. The van der Waals surface area contributed by atoms with Gasteiger partial charge in [0, 0.05) is 12.6 Å². The summed E-state index contributed by atoms with van der Waals surface area (Å²) in [6, 6.07) is 8.47. The van der Waals surface area contributed by atoms with Crippen LogP contribution in [0.25, 0.3) is 0 Å². The monoisotopic (exact) mass is 303 g/mol. The van der Waals surface area contributed by atoms with Gasteiger partial charge in [-0.25, -0.2) is 0 Å². The average molecular weight is 303 g/mol. The van der Waals surface area contributed by atoms with Crippen molar-refractivity contribution in [3.63, 3.8) is 0 Å². The minimum absolute atomic E-state index is 0.117. The number of likely N-dealkylation sites (tertiary alicyclic amines) is 1. The number of hydrogen-bond acceptors (Lipinski definition) is 2. The van der Waals surface area contributed by atoms with Crippen molar-refractivity contribution in [2.45, 2.75) is 64.8 Å². The van der Waals surface area contributed by atoms with Gasteiger partial charge >= 0.3 is 0 Å². The van der Waals surface area contributed by atoms with Crippen LogP contribution in [0.4, 0.5) is 0 Å². The van der Waals surface area contributed by atoms with Gasteiger partial charge < -0.3 is 9.64 Å². The zero-order chi connectivity index (χ0) is 16.2. The number of piperidine rings is 1. The smallest absolute Gasteiger partial charge is 0.260 e. The van der Waals surface area contributed by atoms with Crippen molar-refractivity contribution in [3.8, 4) is 5.75 Å². The summed E-state index contributed by atoms with van der Waals surface area (Å²) in [6.45, 7) is 9.74. The molecule has 1 heterocycles. The summed E-state index contributed by atoms with van der Waals surface area (Å²) in [6.07, 6.45) is 4.51. The Morgan fingerprint density at radius 3 is 2.50 bits per heavy atom. The number of benzene rings is 1. The maximum atomic E-state index is 12.4. The number of rotatable bonds is 4. The largest absolute Gasteiger partial charge is 0.484 e. The third-order valence-corrected chi connectivity index (χ3v) is 4.50. The van der Waals surface area contributed by atoms with Gasteiger partial charge in [0.2, 0.25) is 0 Å². The Bertz CT molecular complexity index is 487. The highest BCUT2D eigenvalue weighted by atomic mass is 16.5. The Hall–Kier alpha value is -1.51. The third kappa shape index (κ3) is 4.25. The topological polar surface area (TPSA) is 29.5 Å². The Morgan fingerprint density at radius 2 is 1.91 bits per heavy atom. The first kappa shape index (κ1) is 16.9. The summed E-state index contributed by atoms with van der Waals surface area (Å²) in [5.74, 6) is 0.887. The molecule has 0 N–H and O–H groups in total. The van der Waals surface area contributed by atoms with Gasteiger partial charge in [0.05, 0.1) is 0 Å². The van der Waals surface area contributed by atoms with Crippen LogP contribution in [-0.4, -0.2) is 30.0 Å². The lowest BCUT2D eigenvalue weighted by Crippen LogP contribution is -2.45. The lowest BCUT2D eigenvalue weighted by molar-refractivity contribution is -0.137. The molecule has 1 aliphatic heterocycles. The van der Waals surface area contributed by atoms with Crippen LogP contribution in [0.5, 0.6) is 5.75 Å². The zero-order valence-corrected chi connectivity index (χ0v) is 14.4. The summed E-state index contributed by atoms with van der Waals surface area (Å²) in [4.78, 5) is 14.4. The number of carbonyl (C=O) groups excluding carboxylic acids is 1. The van der Waals surface area contributed by atoms with Crippen molar-refractivity contribution in [1.29, 1.82) is 0 Å². The second kappa shape index (κ2) is 7.17. The number of amides is 1. The molecule has 1 unspecified atom stereocenters. The van der Waals surface area contributed by atoms with E-state index in [0.29, 0.717) is 6.04 Å². The van der Waals surface area contributed by atoms with Crippen LogP contribution in [0.3, 0.4) is 0 Å². The third-order valence-electron chi connectivity index (χ3n) is 4.50. The van der Waals surface area contributed by atoms with E-state index in [-0.39, 0.29) is 17.9 Å². The van der Waals surface area contributed by atoms with E-state index in [9.17, 15) is 4.79 Å². The van der Waals surface area contributed by atoms with Crippen molar-refractivity contribution in [2.24, 2.45) is 0 Å². The van der Waals surface area contributed by atoms with Gasteiger partial charge in [-0.15, -0.1) is 0 Å². The second-order valence-corrected chi connectivity index (χ2v) is 7.21. The Labute approximate surface area is 134 Å². The lowest BCUT2D eigenvalue weighted by Gasteiger charge is -2.35. The molecule has 22 heavy (non-hydrogen) atoms. The summed E-state index contributed by atoms with van der Waals surface area (Å²) >= 11 is 0. The van der Waals surface area contributed by atoms with E-state index in [1.807, 2.05) is 17.0 Å². The molecule has 0 aliphatic carbocycles. The summed E-state index contributed by atoms with van der Waals surface area (Å²) in [7, 11) is 0. The summed E-state index contributed by atoms with van der Waals surface area (Å²) in [5.41, 5.74) is 1.41. The molecule has 1 aromatic carbocycles. The van der Waals surface area contributed by atoms with Gasteiger partial charge in [-0.1, -0.05) is 39.8 Å². The minimum Gasteiger partial charge on any atom is -0.484 e. The van der Waals surface area contributed by atoms with Gasteiger partial charge in [0.25, 0.3) is 5.91 Å². The number of ether oxygens (including phenoxy) is 1. The normalized spacial score (nSPS) is 19.1. The fraction of sp³-hybridized carbons (Fsp3) is 0.632. The second-order valence-electron chi connectivity index (χ2n) is 7.21. The average Bonchev–Trinajstić information content (AvgIpc) is 2.52. The molecular weight excluding hydrogens is 274 g/mol. The summed E-state index contributed by atoms with van der Waals surface area (Å²) < 4.78 is 5.69. The molecule has 3 heteroatoms. The van der Waals surface area contributed by atoms with Crippen LogP contribution < -0.4 is 4.74 Å². The molecule has 1 amide bonds. The van der Waals surface area contributed by atoms with Gasteiger partial charge in [-0.2, -0.15) is 0 Å². The molecule has 0 bridgehead atoms.